The first-order chi connectivity index (χ1) is 19.0. The highest BCUT2D eigenvalue weighted by Gasteiger charge is 2.36. The van der Waals surface area contributed by atoms with Crippen LogP contribution in [0.1, 0.15) is 65.3 Å². The van der Waals surface area contributed by atoms with Gasteiger partial charge in [-0.15, -0.1) is 0 Å². The minimum absolute atomic E-state index is 0.00987. The fraction of sp³-hybridized carbons (Fsp3) is 0.393. The third-order valence-corrected chi connectivity index (χ3v) is 7.59. The molecule has 194 valence electrons. The maximum Gasteiger partial charge on any atom is 0.306 e. The molecule has 0 radical (unpaired) electrons. The lowest BCUT2D eigenvalue weighted by atomic mass is 9.85. The Morgan fingerprint density at radius 1 is 1.35 bits per heavy atom. The van der Waals surface area contributed by atoms with Crippen LogP contribution < -0.4 is 9.47 Å². The molecule has 1 aliphatic carbocycles. The predicted octanol–water partition coefficient (Wildman–Crippen LogP) is 5.64. The topological polar surface area (TPSA) is 93.9 Å². The summed E-state index contributed by atoms with van der Waals surface area (Å²) in [4.78, 5) is 26.7. The second kappa shape index (κ2) is 10.0. The number of benzene rings is 1. The zero-order valence-electron chi connectivity index (χ0n) is 24.0. The Morgan fingerprint density at radius 3 is 2.86 bits per heavy atom. The number of methoxy groups -OCH3 is 1. The monoisotopic (exact) mass is 524 g/mol. The molecule has 2 aromatic heterocycles. The molecule has 1 fully saturated rings. The first kappa shape index (κ1) is 21.5. The molecule has 0 spiro atoms. The molecule has 5 rings (SSSR count). The molecular weight excluding hydrogens is 490 g/mol. The smallest absolute Gasteiger partial charge is 0.306 e. The van der Waals surface area contributed by atoms with Crippen LogP contribution in [0.25, 0.3) is 23.0 Å². The highest BCUT2D eigenvalue weighted by molar-refractivity contribution is 7.08. The summed E-state index contributed by atoms with van der Waals surface area (Å²) in [5.41, 5.74) is 4.45. The molecule has 2 aliphatic rings. The maximum absolute atomic E-state index is 14.1. The number of thiophene rings is 1. The van der Waals surface area contributed by atoms with Crippen molar-refractivity contribution in [1.82, 2.24) is 14.7 Å². The molecule has 0 bridgehead atoms. The molecule has 37 heavy (non-hydrogen) atoms. The number of ether oxygens (including phenoxy) is 2. The molecule has 1 saturated carbocycles. The van der Waals surface area contributed by atoms with Gasteiger partial charge in [0.05, 0.1) is 24.4 Å². The van der Waals surface area contributed by atoms with Crippen molar-refractivity contribution in [2.45, 2.75) is 52.2 Å². The number of carboxylic acids is 1. The summed E-state index contributed by atoms with van der Waals surface area (Å²) < 4.78 is 38.0. The molecule has 1 N–H and O–H groups in total. The van der Waals surface area contributed by atoms with Crippen LogP contribution in [0.15, 0.2) is 34.5 Å². The first-order valence-corrected chi connectivity index (χ1v) is 13.1. The molecular formula is C28H31N3O5S. The van der Waals surface area contributed by atoms with E-state index in [1.807, 2.05) is 48.9 Å². The van der Waals surface area contributed by atoms with Crippen molar-refractivity contribution >= 4 is 29.3 Å². The van der Waals surface area contributed by atoms with Crippen molar-refractivity contribution in [3.8, 4) is 28.4 Å². The van der Waals surface area contributed by atoms with Crippen LogP contribution in [0.3, 0.4) is 0 Å². The van der Waals surface area contributed by atoms with Gasteiger partial charge in [0.1, 0.15) is 18.1 Å². The number of hydrogen-bond donors (Lipinski definition) is 1. The minimum atomic E-state index is -2.78. The minimum Gasteiger partial charge on any atom is -0.496 e. The van der Waals surface area contributed by atoms with Crippen LogP contribution in [-0.4, -0.2) is 51.8 Å². The first-order valence-electron chi connectivity index (χ1n) is 13.7. The summed E-state index contributed by atoms with van der Waals surface area (Å²) in [6.45, 7) is 1.20. The molecule has 0 unspecified atom stereocenters. The Balaban J connectivity index is 1.67. The maximum atomic E-state index is 14.1. The number of aromatic nitrogens is 2. The number of carboxylic acid groups (broad SMARTS) is 1. The predicted molar refractivity (Wildman–Crippen MR) is 143 cm³/mol. The number of allylic oxidation sites excluding steroid dienone is 1. The van der Waals surface area contributed by atoms with Gasteiger partial charge in [0.15, 0.2) is 5.69 Å². The van der Waals surface area contributed by atoms with E-state index in [2.05, 4.69) is 5.10 Å². The molecule has 2 atom stereocenters. The van der Waals surface area contributed by atoms with E-state index >= 15 is 0 Å². The highest BCUT2D eigenvalue weighted by atomic mass is 32.1. The van der Waals surface area contributed by atoms with Crippen LogP contribution in [0.2, 0.25) is 0 Å². The Hall–Kier alpha value is -3.59. The van der Waals surface area contributed by atoms with E-state index in [-0.39, 0.29) is 18.7 Å². The van der Waals surface area contributed by atoms with Gasteiger partial charge in [-0.3, -0.25) is 9.59 Å². The van der Waals surface area contributed by atoms with Crippen molar-refractivity contribution in [1.29, 1.82) is 0 Å². The molecule has 1 amide bonds. The molecule has 1 aliphatic heterocycles. The quantitative estimate of drug-likeness (QED) is 0.449. The van der Waals surface area contributed by atoms with Gasteiger partial charge in [-0.25, -0.2) is 4.68 Å². The van der Waals surface area contributed by atoms with Gasteiger partial charge >= 0.3 is 5.97 Å². The third kappa shape index (κ3) is 4.64. The lowest BCUT2D eigenvalue weighted by Gasteiger charge is -2.33. The Bertz CT molecular complexity index is 1480. The number of amides is 1. The Labute approximate surface area is 224 Å². The highest BCUT2D eigenvalue weighted by Crippen LogP contribution is 2.44. The van der Waals surface area contributed by atoms with E-state index in [1.54, 1.807) is 11.8 Å². The zero-order valence-corrected chi connectivity index (χ0v) is 21.8. The van der Waals surface area contributed by atoms with E-state index in [1.165, 1.54) is 11.3 Å². The summed E-state index contributed by atoms with van der Waals surface area (Å²) in [7, 11) is 1.59. The summed E-state index contributed by atoms with van der Waals surface area (Å²) in [6.07, 6.45) is 3.46. The number of rotatable bonds is 6. The molecule has 3 heterocycles. The van der Waals surface area contributed by atoms with Crippen LogP contribution in [0.4, 0.5) is 0 Å². The van der Waals surface area contributed by atoms with Gasteiger partial charge < -0.3 is 19.5 Å². The normalized spacial score (nSPS) is 19.8. The number of nitrogens with zero attached hydrogens (tertiary/aromatic N) is 3. The molecule has 9 heteroatoms. The summed E-state index contributed by atoms with van der Waals surface area (Å²) in [6, 6.07) is 4.87. The van der Waals surface area contributed by atoms with Crippen LogP contribution in [-0.2, 0) is 11.4 Å². The van der Waals surface area contributed by atoms with Crippen LogP contribution in [0, 0.1) is 5.92 Å². The Kier molecular flexibility index (Phi) is 5.84. The van der Waals surface area contributed by atoms with E-state index in [0.717, 1.165) is 21.7 Å². The Morgan fingerprint density at radius 2 is 2.19 bits per heavy atom. The summed E-state index contributed by atoms with van der Waals surface area (Å²) in [5.74, 6) is -1.23. The van der Waals surface area contributed by atoms with Gasteiger partial charge in [0.25, 0.3) is 5.91 Å². The molecule has 0 saturated heterocycles. The van der Waals surface area contributed by atoms with Crippen molar-refractivity contribution in [2.75, 3.05) is 14.1 Å². The fourth-order valence-corrected chi connectivity index (χ4v) is 5.75. The average molecular weight is 525 g/mol. The standard InChI is InChI=1S/C28H31N3O5S/c1-16(2)10-18-12-21-24(13-23(18)35-4)36-14-22-25(29-31(26(21)22)20-8-9-37-15-20)27(32)30(3)19-7-5-6-17(11-19)28(33)34/h8-10,12-13,15,17,19H,5-7,11,14H2,1-4H3,(H,33,34)/t17-,19+/m0/s1/i3D3. The van der Waals surface area contributed by atoms with E-state index in [9.17, 15) is 14.7 Å². The lowest BCUT2D eigenvalue weighted by molar-refractivity contribution is -0.143. The molecule has 1 aromatic carbocycles. The zero-order chi connectivity index (χ0) is 28.8. The number of fused-ring (bicyclic) bond motifs is 3. The van der Waals surface area contributed by atoms with Gasteiger partial charge in [-0.1, -0.05) is 18.1 Å². The van der Waals surface area contributed by atoms with Crippen LogP contribution in [0.5, 0.6) is 11.5 Å². The van der Waals surface area contributed by atoms with Crippen molar-refractivity contribution in [2.24, 2.45) is 5.92 Å². The summed E-state index contributed by atoms with van der Waals surface area (Å²) >= 11 is 1.48. The molecule has 3 aromatic rings. The van der Waals surface area contributed by atoms with E-state index < -0.39 is 30.8 Å². The van der Waals surface area contributed by atoms with Gasteiger partial charge in [-0.2, -0.15) is 16.4 Å². The van der Waals surface area contributed by atoms with Gasteiger partial charge in [0.2, 0.25) is 0 Å². The fourth-order valence-electron chi connectivity index (χ4n) is 5.14. The SMILES string of the molecule is [2H]C([2H])([2H])N(C(=O)c1nn(-c2ccsc2)c2c1COc1cc(OC)c(C=C(C)C)cc1-2)[C@@H]1CCC[C@H](C(=O)O)C1. The van der Waals surface area contributed by atoms with Crippen LogP contribution >= 0.6 is 11.3 Å². The van der Waals surface area contributed by atoms with Gasteiger partial charge in [0, 0.05) is 45.3 Å². The second-order valence-corrected chi connectivity index (χ2v) is 10.5. The van der Waals surface area contributed by atoms with Gasteiger partial charge in [-0.05, 0) is 50.6 Å². The summed E-state index contributed by atoms with van der Waals surface area (Å²) in [5, 5.41) is 18.1. The number of hydrogen-bond acceptors (Lipinski definition) is 6. The molecule has 8 nitrogen and oxygen atoms in total. The lowest BCUT2D eigenvalue weighted by Crippen LogP contribution is -2.42. The van der Waals surface area contributed by atoms with Crippen molar-refractivity contribution < 1.29 is 28.3 Å². The van der Waals surface area contributed by atoms with E-state index in [0.29, 0.717) is 47.6 Å². The van der Waals surface area contributed by atoms with Crippen molar-refractivity contribution in [3.05, 3.63) is 51.4 Å². The average Bonchev–Trinajstić information content (AvgIpc) is 3.55. The number of carbonyl (C=O) groups excluding carboxylic acids is 1. The third-order valence-electron chi connectivity index (χ3n) is 6.92. The second-order valence-electron chi connectivity index (χ2n) is 9.70. The van der Waals surface area contributed by atoms with E-state index in [4.69, 9.17) is 13.6 Å². The number of carbonyl (C=O) groups is 2. The largest absolute Gasteiger partial charge is 0.496 e. The number of aliphatic carboxylic acids is 1. The van der Waals surface area contributed by atoms with Crippen molar-refractivity contribution in [3.63, 3.8) is 0 Å².